The lowest BCUT2D eigenvalue weighted by atomic mass is 9.99. The van der Waals surface area contributed by atoms with Crippen LogP contribution in [0.5, 0.6) is 5.75 Å². The average Bonchev–Trinajstić information content (AvgIpc) is 2.94. The molecule has 2 aliphatic rings. The Labute approximate surface area is 165 Å². The lowest BCUT2D eigenvalue weighted by molar-refractivity contribution is 0.0322. The number of halogens is 2. The Bertz CT molecular complexity index is 889. The lowest BCUT2D eigenvalue weighted by Gasteiger charge is -2.26. The first kappa shape index (κ1) is 18.3. The number of benzene rings is 2. The molecule has 0 radical (unpaired) electrons. The van der Waals surface area contributed by atoms with Gasteiger partial charge in [-0.05, 0) is 57.4 Å². The van der Waals surface area contributed by atoms with E-state index in [9.17, 15) is 9.18 Å². The van der Waals surface area contributed by atoms with Gasteiger partial charge in [-0.3, -0.25) is 9.69 Å². The first-order valence-electron chi connectivity index (χ1n) is 8.91. The highest BCUT2D eigenvalue weighted by Gasteiger charge is 2.29. The van der Waals surface area contributed by atoms with Crippen LogP contribution in [0.3, 0.4) is 0 Å². The van der Waals surface area contributed by atoms with E-state index in [1.165, 1.54) is 12.1 Å². The maximum absolute atomic E-state index is 13.2. The van der Waals surface area contributed by atoms with Gasteiger partial charge in [0, 0.05) is 30.8 Å². The molecule has 1 aliphatic carbocycles. The zero-order valence-corrected chi connectivity index (χ0v) is 16.3. The molecule has 27 heavy (non-hydrogen) atoms. The first-order valence-corrected chi connectivity index (χ1v) is 9.70. The van der Waals surface area contributed by atoms with Gasteiger partial charge >= 0.3 is 0 Å². The molecular weight excluding hydrogens is 413 g/mol. The second-order valence-corrected chi connectivity index (χ2v) is 7.33. The third-order valence-corrected chi connectivity index (χ3v) is 5.59. The molecule has 0 unspecified atom stereocenters. The molecule has 0 spiro atoms. The second kappa shape index (κ2) is 7.92. The predicted molar refractivity (Wildman–Crippen MR) is 105 cm³/mol. The fourth-order valence-corrected chi connectivity index (χ4v) is 4.04. The van der Waals surface area contributed by atoms with E-state index in [0.29, 0.717) is 22.4 Å². The Hall–Kier alpha value is -2.02. The van der Waals surface area contributed by atoms with Gasteiger partial charge in [0.05, 0.1) is 17.7 Å². The van der Waals surface area contributed by atoms with Crippen molar-refractivity contribution < 1.29 is 18.7 Å². The van der Waals surface area contributed by atoms with Crippen molar-refractivity contribution in [2.45, 2.75) is 0 Å². The highest BCUT2D eigenvalue weighted by Crippen LogP contribution is 2.41. The minimum Gasteiger partial charge on any atom is -0.492 e. The van der Waals surface area contributed by atoms with Crippen LogP contribution in [0.2, 0.25) is 0 Å². The van der Waals surface area contributed by atoms with Gasteiger partial charge in [-0.1, -0.05) is 12.1 Å². The fourth-order valence-electron chi connectivity index (χ4n) is 3.39. The summed E-state index contributed by atoms with van der Waals surface area (Å²) in [4.78, 5) is 15.0. The van der Waals surface area contributed by atoms with Crippen LogP contribution in [0.4, 0.5) is 4.39 Å². The smallest absolute Gasteiger partial charge is 0.201 e. The number of carbonyl (C=O) groups is 1. The summed E-state index contributed by atoms with van der Waals surface area (Å²) in [5, 5.41) is 0. The van der Waals surface area contributed by atoms with Crippen molar-refractivity contribution in [3.63, 3.8) is 0 Å². The maximum Gasteiger partial charge on any atom is 0.201 e. The average molecular weight is 432 g/mol. The highest BCUT2D eigenvalue weighted by atomic mass is 79.9. The number of ether oxygens (including phenoxy) is 2. The molecule has 0 saturated carbocycles. The molecule has 1 fully saturated rings. The van der Waals surface area contributed by atoms with E-state index in [1.807, 2.05) is 12.1 Å². The van der Waals surface area contributed by atoms with Crippen LogP contribution in [-0.2, 0) is 4.74 Å². The number of carbonyl (C=O) groups excluding carboxylic acids is 1. The summed E-state index contributed by atoms with van der Waals surface area (Å²) in [7, 11) is 0. The van der Waals surface area contributed by atoms with E-state index >= 15 is 0 Å². The van der Waals surface area contributed by atoms with Crippen LogP contribution in [0.15, 0.2) is 46.9 Å². The Kier molecular flexibility index (Phi) is 5.38. The number of hydrogen-bond donors (Lipinski definition) is 0. The fraction of sp³-hybridized carbons (Fsp3) is 0.286. The number of rotatable bonds is 5. The van der Waals surface area contributed by atoms with Crippen molar-refractivity contribution >= 4 is 27.3 Å². The third-order valence-electron chi connectivity index (χ3n) is 4.84. The van der Waals surface area contributed by atoms with Gasteiger partial charge in [0.1, 0.15) is 18.2 Å². The van der Waals surface area contributed by atoms with Gasteiger partial charge < -0.3 is 9.47 Å². The number of nitrogens with zero attached hydrogens (tertiary/aromatic N) is 1. The van der Waals surface area contributed by atoms with Gasteiger partial charge in [-0.25, -0.2) is 4.39 Å². The molecule has 0 atom stereocenters. The summed E-state index contributed by atoms with van der Waals surface area (Å²) in [6, 6.07) is 11.7. The summed E-state index contributed by atoms with van der Waals surface area (Å²) in [6.07, 6.45) is 0. The van der Waals surface area contributed by atoms with E-state index in [1.54, 1.807) is 18.2 Å². The van der Waals surface area contributed by atoms with Crippen molar-refractivity contribution in [3.05, 3.63) is 69.5 Å². The molecule has 4 rings (SSSR count). The largest absolute Gasteiger partial charge is 0.492 e. The quantitative estimate of drug-likeness (QED) is 0.719. The Morgan fingerprint density at radius 3 is 2.56 bits per heavy atom. The number of morpholine rings is 1. The summed E-state index contributed by atoms with van der Waals surface area (Å²) in [5.74, 6) is 0.294. The first-order chi connectivity index (χ1) is 13.1. The molecule has 0 aromatic heterocycles. The molecule has 0 bridgehead atoms. The number of ketones is 1. The van der Waals surface area contributed by atoms with E-state index < -0.39 is 0 Å². The van der Waals surface area contributed by atoms with E-state index in [-0.39, 0.29) is 11.6 Å². The van der Waals surface area contributed by atoms with Crippen LogP contribution in [0, 0.1) is 5.82 Å². The normalized spacial score (nSPS) is 17.3. The molecule has 2 aromatic rings. The Balaban J connectivity index is 1.50. The van der Waals surface area contributed by atoms with Gasteiger partial charge in [0.15, 0.2) is 0 Å². The molecule has 0 amide bonds. The summed E-state index contributed by atoms with van der Waals surface area (Å²) in [6.45, 7) is 4.76. The van der Waals surface area contributed by atoms with Gasteiger partial charge in [0.25, 0.3) is 0 Å². The van der Waals surface area contributed by atoms with Gasteiger partial charge in [-0.2, -0.15) is 0 Å². The Morgan fingerprint density at radius 1 is 1.07 bits per heavy atom. The number of allylic oxidation sites excluding steroid dienone is 1. The third kappa shape index (κ3) is 3.83. The van der Waals surface area contributed by atoms with E-state index in [4.69, 9.17) is 9.47 Å². The number of fused-ring (bicyclic) bond motifs is 1. The van der Waals surface area contributed by atoms with Crippen LogP contribution < -0.4 is 4.74 Å². The molecular formula is C21H19BrFNO3. The van der Waals surface area contributed by atoms with E-state index in [0.717, 1.165) is 49.5 Å². The monoisotopic (exact) mass is 431 g/mol. The van der Waals surface area contributed by atoms with Crippen LogP contribution in [0.1, 0.15) is 21.5 Å². The highest BCUT2D eigenvalue weighted by molar-refractivity contribution is 9.12. The molecule has 1 saturated heterocycles. The van der Waals surface area contributed by atoms with E-state index in [2.05, 4.69) is 20.8 Å². The molecule has 140 valence electrons. The minimum atomic E-state index is -0.302. The van der Waals surface area contributed by atoms with Crippen LogP contribution >= 0.6 is 15.9 Å². The van der Waals surface area contributed by atoms with Crippen molar-refractivity contribution in [1.82, 2.24) is 4.90 Å². The van der Waals surface area contributed by atoms with Gasteiger partial charge in [-0.15, -0.1) is 0 Å². The molecule has 2 aromatic carbocycles. The zero-order chi connectivity index (χ0) is 18.8. The minimum absolute atomic E-state index is 0.0806. The topological polar surface area (TPSA) is 38.8 Å². The van der Waals surface area contributed by atoms with Crippen molar-refractivity contribution in [1.29, 1.82) is 0 Å². The predicted octanol–water partition coefficient (Wildman–Crippen LogP) is 3.89. The Morgan fingerprint density at radius 2 is 1.81 bits per heavy atom. The lowest BCUT2D eigenvalue weighted by Crippen LogP contribution is -2.38. The maximum atomic E-state index is 13.2. The standard InChI is InChI=1S/C21H19BrFNO3/c22-20-19(14-1-3-15(23)4-2-14)17-6-5-16(13-18(17)21(20)25)27-12-9-24-7-10-26-11-8-24/h1-6,13H,7-12H2. The van der Waals surface area contributed by atoms with Gasteiger partial charge in [0.2, 0.25) is 5.78 Å². The van der Waals surface area contributed by atoms with Crippen LogP contribution in [-0.4, -0.2) is 50.1 Å². The van der Waals surface area contributed by atoms with Crippen LogP contribution in [0.25, 0.3) is 5.57 Å². The number of Topliss-reactive ketones (excluding diaryl/α,β-unsaturated/α-hetero) is 1. The number of hydrogen-bond acceptors (Lipinski definition) is 4. The van der Waals surface area contributed by atoms with Crippen molar-refractivity contribution in [3.8, 4) is 5.75 Å². The molecule has 0 N–H and O–H groups in total. The summed E-state index contributed by atoms with van der Waals surface area (Å²) < 4.78 is 24.9. The summed E-state index contributed by atoms with van der Waals surface area (Å²) in [5.41, 5.74) is 3.02. The second-order valence-electron chi connectivity index (χ2n) is 6.53. The SMILES string of the molecule is O=C1C(Br)=C(c2ccc(F)cc2)c2ccc(OCCN3CCOCC3)cc21. The summed E-state index contributed by atoms with van der Waals surface area (Å²) >= 11 is 3.41. The van der Waals surface area contributed by atoms with Crippen molar-refractivity contribution in [2.75, 3.05) is 39.5 Å². The molecule has 4 nitrogen and oxygen atoms in total. The molecule has 6 heteroatoms. The molecule has 1 aliphatic heterocycles. The zero-order valence-electron chi connectivity index (χ0n) is 14.7. The van der Waals surface area contributed by atoms with Crippen molar-refractivity contribution in [2.24, 2.45) is 0 Å². The molecule has 1 heterocycles.